The smallest absolute Gasteiger partial charge is 0.232 e. The number of allylic oxidation sites excluding steroid dienone is 5. The quantitative estimate of drug-likeness (QED) is 0.155. The van der Waals surface area contributed by atoms with Crippen molar-refractivity contribution >= 4 is 17.7 Å². The summed E-state index contributed by atoms with van der Waals surface area (Å²) in [6.07, 6.45) is 9.39. The van der Waals surface area contributed by atoms with E-state index in [4.69, 9.17) is 4.74 Å². The number of amides is 1. The molecule has 1 heterocycles. The number of benzene rings is 3. The minimum Gasteiger partial charge on any atom is -0.507 e. The van der Waals surface area contributed by atoms with Crippen LogP contribution in [-0.2, 0) is 4.79 Å². The van der Waals surface area contributed by atoms with Gasteiger partial charge in [0.05, 0.1) is 5.92 Å². The molecule has 0 saturated carbocycles. The fourth-order valence-corrected chi connectivity index (χ4v) is 4.94. The van der Waals surface area contributed by atoms with Gasteiger partial charge in [-0.15, -0.1) is 0 Å². The molecule has 0 fully saturated rings. The van der Waals surface area contributed by atoms with Crippen molar-refractivity contribution in [2.24, 2.45) is 4.99 Å². The summed E-state index contributed by atoms with van der Waals surface area (Å²) < 4.78 is 6.03. The van der Waals surface area contributed by atoms with E-state index in [-0.39, 0.29) is 17.6 Å². The van der Waals surface area contributed by atoms with Crippen LogP contribution < -0.4 is 10.1 Å². The van der Waals surface area contributed by atoms with Crippen molar-refractivity contribution in [1.82, 2.24) is 5.32 Å². The van der Waals surface area contributed by atoms with Crippen molar-refractivity contribution in [3.8, 4) is 17.2 Å². The maximum absolute atomic E-state index is 13.3. The van der Waals surface area contributed by atoms with Crippen LogP contribution >= 0.6 is 0 Å². The van der Waals surface area contributed by atoms with Crippen molar-refractivity contribution in [1.29, 1.82) is 0 Å². The molecule has 0 bridgehead atoms. The van der Waals surface area contributed by atoms with Crippen LogP contribution in [0.4, 0.5) is 0 Å². The van der Waals surface area contributed by atoms with Crippen molar-refractivity contribution in [3.63, 3.8) is 0 Å². The van der Waals surface area contributed by atoms with Crippen LogP contribution in [0.1, 0.15) is 55.2 Å². The second-order valence-corrected chi connectivity index (χ2v) is 9.63. The molecule has 1 amide bonds. The van der Waals surface area contributed by atoms with Gasteiger partial charge in [0.15, 0.2) is 0 Å². The highest BCUT2D eigenvalue weighted by molar-refractivity contribution is 5.89. The summed E-state index contributed by atoms with van der Waals surface area (Å²) in [5.74, 6) is 1.31. The molecule has 0 spiro atoms. The van der Waals surface area contributed by atoms with Gasteiger partial charge in [0, 0.05) is 36.5 Å². The fourth-order valence-electron chi connectivity index (χ4n) is 4.94. The Kier molecular flexibility index (Phi) is 9.52. The molecule has 0 unspecified atom stereocenters. The van der Waals surface area contributed by atoms with E-state index in [1.807, 2.05) is 79.9 Å². The number of aliphatic imine (C=N–C) groups is 1. The fraction of sp³-hybridized carbons (Fsp3) is 0.235. The first-order valence-corrected chi connectivity index (χ1v) is 13.4. The molecule has 3 aromatic carbocycles. The zero-order valence-corrected chi connectivity index (χ0v) is 22.7. The van der Waals surface area contributed by atoms with Crippen LogP contribution in [0, 0.1) is 0 Å². The van der Waals surface area contributed by atoms with Crippen molar-refractivity contribution in [3.05, 3.63) is 119 Å². The minimum absolute atomic E-state index is 0.00462. The molecule has 5 nitrogen and oxygen atoms in total. The van der Waals surface area contributed by atoms with E-state index in [2.05, 4.69) is 23.0 Å². The Morgan fingerprint density at radius 1 is 0.974 bits per heavy atom. The minimum atomic E-state index is -0.381. The van der Waals surface area contributed by atoms with Gasteiger partial charge in [0.1, 0.15) is 17.2 Å². The number of phenols is 1. The third-order valence-electron chi connectivity index (χ3n) is 6.96. The van der Waals surface area contributed by atoms with Gasteiger partial charge in [-0.3, -0.25) is 9.79 Å². The lowest BCUT2D eigenvalue weighted by Gasteiger charge is -2.27. The molecule has 200 valence electrons. The average Bonchev–Trinajstić information content (AvgIpc) is 2.95. The second-order valence-electron chi connectivity index (χ2n) is 9.63. The lowest BCUT2D eigenvalue weighted by Crippen LogP contribution is -2.32. The van der Waals surface area contributed by atoms with Gasteiger partial charge in [0.25, 0.3) is 0 Å². The number of nitrogens with zero attached hydrogens (tertiary/aromatic N) is 1. The monoisotopic (exact) mass is 520 g/mol. The standard InChI is InChI=1S/C34H36N2O3/c1-4-25(27-15-7-10-18-30(27)37)22-26(24(2)23-35-3)14-6-5-13-21-36-34(38)33-28-16-8-11-19-31(28)39-32-20-12-9-17-29(32)33/h4,7-12,15-20,22-23,33,37H,1,5-6,13-14,21H2,2-3H3,(H,36,38)/b25-22+,26-24+,35-23?. The van der Waals surface area contributed by atoms with E-state index in [1.165, 1.54) is 0 Å². The zero-order chi connectivity index (χ0) is 27.6. The first-order valence-electron chi connectivity index (χ1n) is 13.4. The number of carbonyl (C=O) groups excluding carboxylic acids is 1. The molecular weight excluding hydrogens is 484 g/mol. The van der Waals surface area contributed by atoms with E-state index in [1.54, 1.807) is 19.2 Å². The van der Waals surface area contributed by atoms with Gasteiger partial charge in [-0.2, -0.15) is 0 Å². The Morgan fingerprint density at radius 2 is 1.62 bits per heavy atom. The summed E-state index contributed by atoms with van der Waals surface area (Å²) in [4.78, 5) is 17.5. The molecule has 0 aliphatic carbocycles. The molecule has 0 aromatic heterocycles. The van der Waals surface area contributed by atoms with Crippen molar-refractivity contribution in [2.45, 2.75) is 38.5 Å². The third kappa shape index (κ3) is 6.74. The van der Waals surface area contributed by atoms with E-state index in [0.717, 1.165) is 70.6 Å². The first-order chi connectivity index (χ1) is 19.0. The number of unbranched alkanes of at least 4 members (excludes halogenated alkanes) is 2. The van der Waals surface area contributed by atoms with Gasteiger partial charge in [-0.1, -0.05) is 79.7 Å². The lowest BCUT2D eigenvalue weighted by molar-refractivity contribution is -0.121. The molecule has 2 N–H and O–H groups in total. The summed E-state index contributed by atoms with van der Waals surface area (Å²) in [5, 5.41) is 13.5. The van der Waals surface area contributed by atoms with Gasteiger partial charge in [0.2, 0.25) is 5.91 Å². The molecule has 5 heteroatoms. The number of para-hydroxylation sites is 3. The number of fused-ring (bicyclic) bond motifs is 2. The maximum Gasteiger partial charge on any atom is 0.232 e. The summed E-state index contributed by atoms with van der Waals surface area (Å²) in [6, 6.07) is 22.8. The Bertz CT molecular complexity index is 1370. The molecule has 0 saturated heterocycles. The van der Waals surface area contributed by atoms with Gasteiger partial charge < -0.3 is 15.2 Å². The first kappa shape index (κ1) is 27.6. The Labute approximate surface area is 231 Å². The highest BCUT2D eigenvalue weighted by Gasteiger charge is 2.32. The summed E-state index contributed by atoms with van der Waals surface area (Å²) >= 11 is 0. The number of carbonyl (C=O) groups is 1. The number of ether oxygens (including phenoxy) is 1. The molecule has 4 rings (SSSR count). The van der Waals surface area contributed by atoms with Gasteiger partial charge in [-0.05, 0) is 61.1 Å². The second kappa shape index (κ2) is 13.4. The van der Waals surface area contributed by atoms with Crippen LogP contribution in [0.25, 0.3) is 5.57 Å². The number of rotatable bonds is 11. The number of hydrogen-bond acceptors (Lipinski definition) is 4. The largest absolute Gasteiger partial charge is 0.507 e. The molecule has 1 aliphatic heterocycles. The SMILES string of the molecule is C=C/C(=C\C(CCCCCNC(=O)C1c2ccccc2Oc2ccccc21)=C(/C)C=NC)c1ccccc1O. The number of hydrogen-bond donors (Lipinski definition) is 2. The van der Waals surface area contributed by atoms with Crippen LogP contribution in [0.3, 0.4) is 0 Å². The topological polar surface area (TPSA) is 70.9 Å². The average molecular weight is 521 g/mol. The summed E-state index contributed by atoms with van der Waals surface area (Å²) in [5.41, 5.74) is 5.65. The lowest BCUT2D eigenvalue weighted by atomic mass is 9.87. The highest BCUT2D eigenvalue weighted by Crippen LogP contribution is 2.43. The number of aromatic hydroxyl groups is 1. The van der Waals surface area contributed by atoms with Crippen molar-refractivity contribution < 1.29 is 14.6 Å². The van der Waals surface area contributed by atoms with Crippen molar-refractivity contribution in [2.75, 3.05) is 13.6 Å². The molecular formula is C34H36N2O3. The predicted molar refractivity (Wildman–Crippen MR) is 160 cm³/mol. The Hall–Kier alpha value is -4.38. The molecule has 3 aromatic rings. The van der Waals surface area contributed by atoms with E-state index < -0.39 is 0 Å². The van der Waals surface area contributed by atoms with E-state index in [0.29, 0.717) is 6.54 Å². The molecule has 1 aliphatic rings. The Morgan fingerprint density at radius 3 is 2.26 bits per heavy atom. The summed E-state index contributed by atoms with van der Waals surface area (Å²) in [6.45, 7) is 6.62. The van der Waals surface area contributed by atoms with Gasteiger partial charge in [-0.25, -0.2) is 0 Å². The number of phenolic OH excluding ortho intramolecular Hbond substituents is 1. The van der Waals surface area contributed by atoms with Gasteiger partial charge >= 0.3 is 0 Å². The Balaban J connectivity index is 1.36. The molecule has 39 heavy (non-hydrogen) atoms. The highest BCUT2D eigenvalue weighted by atomic mass is 16.5. The van der Waals surface area contributed by atoms with Crippen LogP contribution in [0.5, 0.6) is 17.2 Å². The van der Waals surface area contributed by atoms with Crippen LogP contribution in [0.2, 0.25) is 0 Å². The van der Waals surface area contributed by atoms with E-state index >= 15 is 0 Å². The van der Waals surface area contributed by atoms with Crippen LogP contribution in [0.15, 0.2) is 108 Å². The number of nitrogens with one attached hydrogen (secondary N) is 1. The predicted octanol–water partition coefficient (Wildman–Crippen LogP) is 7.59. The summed E-state index contributed by atoms with van der Waals surface area (Å²) in [7, 11) is 1.76. The normalized spacial score (nSPS) is 13.7. The third-order valence-corrected chi connectivity index (χ3v) is 6.96. The van der Waals surface area contributed by atoms with E-state index in [9.17, 15) is 9.90 Å². The molecule has 0 atom stereocenters. The van der Waals surface area contributed by atoms with Crippen LogP contribution in [-0.4, -0.2) is 30.8 Å². The zero-order valence-electron chi connectivity index (χ0n) is 22.7. The maximum atomic E-state index is 13.3. The molecule has 0 radical (unpaired) electrons.